The molecule has 0 spiro atoms. The number of nitrogens with one attached hydrogen (secondary N) is 1. The summed E-state index contributed by atoms with van der Waals surface area (Å²) in [6, 6.07) is 10.4. The van der Waals surface area contributed by atoms with E-state index in [1.165, 1.54) is 11.1 Å². The first-order valence-electron chi connectivity index (χ1n) is 7.33. The van der Waals surface area contributed by atoms with E-state index >= 15 is 0 Å². The second kappa shape index (κ2) is 6.79. The molecule has 0 bridgehead atoms. The van der Waals surface area contributed by atoms with E-state index in [1.807, 2.05) is 12.1 Å². The second-order valence-electron chi connectivity index (χ2n) is 5.25. The Morgan fingerprint density at radius 1 is 1.41 bits per heavy atom. The van der Waals surface area contributed by atoms with Crippen molar-refractivity contribution >= 4 is 17.8 Å². The summed E-state index contributed by atoms with van der Waals surface area (Å²) in [5.74, 6) is 1.18. The molecule has 1 aliphatic carbocycles. The number of hydrogen-bond acceptors (Lipinski definition) is 3. The molecule has 1 aliphatic rings. The lowest BCUT2D eigenvalue weighted by molar-refractivity contribution is 0.658. The van der Waals surface area contributed by atoms with Crippen molar-refractivity contribution < 1.29 is 0 Å². The molecule has 0 saturated carbocycles. The first kappa shape index (κ1) is 14.9. The number of aromatic nitrogens is 2. The minimum Gasteiger partial charge on any atom is -0.309 e. The molecule has 4 heteroatoms. The van der Waals surface area contributed by atoms with Crippen molar-refractivity contribution in [2.24, 2.45) is 0 Å². The van der Waals surface area contributed by atoms with Gasteiger partial charge < -0.3 is 4.98 Å². The summed E-state index contributed by atoms with van der Waals surface area (Å²) in [7, 11) is 0. The molecule has 1 aromatic heterocycles. The predicted octanol–water partition coefficient (Wildman–Crippen LogP) is 3.93. The normalized spacial score (nSPS) is 17.7. The van der Waals surface area contributed by atoms with Crippen LogP contribution in [0.3, 0.4) is 0 Å². The van der Waals surface area contributed by atoms with Gasteiger partial charge >= 0.3 is 5.69 Å². The summed E-state index contributed by atoms with van der Waals surface area (Å²) in [6.45, 7) is 3.81. The van der Waals surface area contributed by atoms with Crippen LogP contribution in [-0.4, -0.2) is 15.7 Å². The van der Waals surface area contributed by atoms with Gasteiger partial charge in [-0.15, -0.1) is 18.3 Å². The largest absolute Gasteiger partial charge is 0.345 e. The summed E-state index contributed by atoms with van der Waals surface area (Å²) >= 11 is 1.80. The number of allylic oxidation sites excluding steroid dienone is 1. The quantitative estimate of drug-likeness (QED) is 0.851. The number of nitrogens with zero attached hydrogens (tertiary/aromatic N) is 1. The van der Waals surface area contributed by atoms with Crippen LogP contribution >= 0.6 is 11.8 Å². The van der Waals surface area contributed by atoms with Crippen molar-refractivity contribution in [1.82, 2.24) is 9.97 Å². The van der Waals surface area contributed by atoms with Gasteiger partial charge in [-0.3, -0.25) is 0 Å². The molecule has 0 amide bonds. The Bertz CT molecular complexity index is 751. The Kier molecular flexibility index (Phi) is 4.59. The van der Waals surface area contributed by atoms with Crippen LogP contribution in [0.1, 0.15) is 34.4 Å². The SMILES string of the molecule is C=CCSC(c1ccnc(=O)[nH]1)C1CC=Cc2ccccc21. The summed E-state index contributed by atoms with van der Waals surface area (Å²) < 4.78 is 0. The Labute approximate surface area is 134 Å². The van der Waals surface area contributed by atoms with E-state index in [0.717, 1.165) is 17.9 Å². The maximum absolute atomic E-state index is 11.6. The number of fused-ring (bicyclic) bond motifs is 1. The van der Waals surface area contributed by atoms with Crippen molar-refractivity contribution in [3.8, 4) is 0 Å². The zero-order valence-corrected chi connectivity index (χ0v) is 13.1. The fourth-order valence-electron chi connectivity index (χ4n) is 2.90. The van der Waals surface area contributed by atoms with Crippen molar-refractivity contribution in [2.75, 3.05) is 5.75 Å². The number of thioether (sulfide) groups is 1. The molecule has 0 radical (unpaired) electrons. The number of rotatable bonds is 5. The molecule has 2 atom stereocenters. The van der Waals surface area contributed by atoms with Crippen molar-refractivity contribution in [1.29, 1.82) is 0 Å². The smallest absolute Gasteiger partial charge is 0.309 e. The van der Waals surface area contributed by atoms with E-state index in [1.54, 1.807) is 18.0 Å². The maximum atomic E-state index is 11.6. The molecule has 1 heterocycles. The minimum absolute atomic E-state index is 0.180. The lowest BCUT2D eigenvalue weighted by atomic mass is 9.84. The molecule has 22 heavy (non-hydrogen) atoms. The molecule has 0 fully saturated rings. The van der Waals surface area contributed by atoms with Crippen LogP contribution in [0.25, 0.3) is 6.08 Å². The third-order valence-electron chi connectivity index (χ3n) is 3.85. The lowest BCUT2D eigenvalue weighted by Gasteiger charge is -2.29. The van der Waals surface area contributed by atoms with Crippen LogP contribution in [0.2, 0.25) is 0 Å². The number of aromatic amines is 1. The molecule has 112 valence electrons. The van der Waals surface area contributed by atoms with Gasteiger partial charge in [-0.25, -0.2) is 9.78 Å². The van der Waals surface area contributed by atoms with Gasteiger partial charge in [-0.1, -0.05) is 42.5 Å². The van der Waals surface area contributed by atoms with Crippen molar-refractivity contribution in [3.05, 3.63) is 82.6 Å². The predicted molar refractivity (Wildman–Crippen MR) is 93.1 cm³/mol. The first-order valence-corrected chi connectivity index (χ1v) is 8.37. The summed E-state index contributed by atoms with van der Waals surface area (Å²) in [5, 5.41) is 0.180. The van der Waals surface area contributed by atoms with Crippen LogP contribution in [-0.2, 0) is 0 Å². The monoisotopic (exact) mass is 310 g/mol. The molecule has 0 aliphatic heterocycles. The Morgan fingerprint density at radius 2 is 2.27 bits per heavy atom. The highest BCUT2D eigenvalue weighted by atomic mass is 32.2. The van der Waals surface area contributed by atoms with Crippen LogP contribution in [0.15, 0.2) is 60.1 Å². The summed E-state index contributed by atoms with van der Waals surface area (Å²) in [5.41, 5.74) is 3.24. The van der Waals surface area contributed by atoms with Gasteiger partial charge in [0, 0.05) is 23.6 Å². The highest BCUT2D eigenvalue weighted by molar-refractivity contribution is 7.99. The Morgan fingerprint density at radius 3 is 3.09 bits per heavy atom. The Balaban J connectivity index is 2.01. The van der Waals surface area contributed by atoms with Gasteiger partial charge in [-0.05, 0) is 23.6 Å². The number of benzene rings is 1. The number of H-pyrrole nitrogens is 1. The Hall–Kier alpha value is -2.07. The van der Waals surface area contributed by atoms with Gasteiger partial charge in [0.15, 0.2) is 0 Å². The van der Waals surface area contributed by atoms with Gasteiger partial charge in [0.05, 0.1) is 5.25 Å². The van der Waals surface area contributed by atoms with Gasteiger partial charge in [0.1, 0.15) is 0 Å². The van der Waals surface area contributed by atoms with Crippen molar-refractivity contribution in [3.63, 3.8) is 0 Å². The summed E-state index contributed by atoms with van der Waals surface area (Å²) in [4.78, 5) is 18.2. The van der Waals surface area contributed by atoms with E-state index in [9.17, 15) is 4.79 Å². The van der Waals surface area contributed by atoms with E-state index in [0.29, 0.717) is 5.92 Å². The third-order valence-corrected chi connectivity index (χ3v) is 5.22. The minimum atomic E-state index is -0.290. The average molecular weight is 310 g/mol. The first-order chi connectivity index (χ1) is 10.8. The lowest BCUT2D eigenvalue weighted by Crippen LogP contribution is -2.18. The molecule has 3 rings (SSSR count). The van der Waals surface area contributed by atoms with E-state index < -0.39 is 0 Å². The molecular formula is C18H18N2OS. The second-order valence-corrected chi connectivity index (χ2v) is 6.42. The fourth-order valence-corrected chi connectivity index (χ4v) is 4.05. The van der Waals surface area contributed by atoms with Crippen LogP contribution in [0, 0.1) is 0 Å². The number of hydrogen-bond donors (Lipinski definition) is 1. The average Bonchev–Trinajstić information content (AvgIpc) is 2.55. The zero-order valence-electron chi connectivity index (χ0n) is 12.2. The van der Waals surface area contributed by atoms with Gasteiger partial charge in [0.25, 0.3) is 0 Å². The molecule has 1 N–H and O–H groups in total. The van der Waals surface area contributed by atoms with Gasteiger partial charge in [0.2, 0.25) is 0 Å². The van der Waals surface area contributed by atoms with E-state index in [-0.39, 0.29) is 10.9 Å². The topological polar surface area (TPSA) is 45.8 Å². The molecule has 2 unspecified atom stereocenters. The molecule has 0 saturated heterocycles. The fraction of sp³-hybridized carbons (Fsp3) is 0.222. The highest BCUT2D eigenvalue weighted by Crippen LogP contribution is 2.45. The van der Waals surface area contributed by atoms with Crippen LogP contribution in [0.4, 0.5) is 0 Å². The van der Waals surface area contributed by atoms with Crippen LogP contribution < -0.4 is 5.69 Å². The molecule has 1 aromatic carbocycles. The van der Waals surface area contributed by atoms with E-state index in [2.05, 4.69) is 53.0 Å². The third kappa shape index (κ3) is 3.07. The van der Waals surface area contributed by atoms with Crippen molar-refractivity contribution in [2.45, 2.75) is 17.6 Å². The van der Waals surface area contributed by atoms with Gasteiger partial charge in [-0.2, -0.15) is 0 Å². The van der Waals surface area contributed by atoms with E-state index in [4.69, 9.17) is 0 Å². The highest BCUT2D eigenvalue weighted by Gasteiger charge is 2.28. The van der Waals surface area contributed by atoms with Crippen LogP contribution in [0.5, 0.6) is 0 Å². The summed E-state index contributed by atoms with van der Waals surface area (Å²) in [6.07, 6.45) is 8.85. The standard InChI is InChI=1S/C18H18N2OS/c1-2-12-22-17(16-10-11-19-18(21)20-16)15-9-5-7-13-6-3-4-8-14(13)15/h2-8,10-11,15,17H,1,9,12H2,(H,19,20,21). The molecular weight excluding hydrogens is 292 g/mol. The maximum Gasteiger partial charge on any atom is 0.345 e. The molecule has 2 aromatic rings. The molecule has 3 nitrogen and oxygen atoms in total. The zero-order chi connectivity index (χ0) is 15.4.